The molecule has 0 bridgehead atoms. The van der Waals surface area contributed by atoms with Crippen LogP contribution in [0.1, 0.15) is 21.6 Å². The fourth-order valence-electron chi connectivity index (χ4n) is 2.15. The number of nitrogens with one attached hydrogen (secondary N) is 2. The number of aromatic nitrogens is 2. The number of halogens is 1. The van der Waals surface area contributed by atoms with E-state index >= 15 is 0 Å². The summed E-state index contributed by atoms with van der Waals surface area (Å²) in [5.74, 6) is -0.655. The molecule has 2 rings (SSSR count). The first-order chi connectivity index (χ1) is 11.8. The second-order valence-corrected chi connectivity index (χ2v) is 5.80. The van der Waals surface area contributed by atoms with E-state index in [4.69, 9.17) is 21.5 Å². The molecule has 9 heteroatoms. The fourth-order valence-corrected chi connectivity index (χ4v) is 2.43. The maximum absolute atomic E-state index is 12.3. The van der Waals surface area contributed by atoms with E-state index in [9.17, 15) is 9.59 Å². The van der Waals surface area contributed by atoms with Crippen molar-refractivity contribution in [3.05, 3.63) is 50.4 Å². The summed E-state index contributed by atoms with van der Waals surface area (Å²) in [7, 11) is 1.45. The zero-order valence-electron chi connectivity index (χ0n) is 14.1. The molecule has 0 radical (unpaired) electrons. The number of anilines is 2. The normalized spacial score (nSPS) is 10.6. The Balaban J connectivity index is 2.45. The van der Waals surface area contributed by atoms with Crippen LogP contribution in [0.5, 0.6) is 0 Å². The number of hydrogen-bond donors (Lipinski definition) is 3. The number of carbonyl (C=O) groups excluding carboxylic acids is 1. The summed E-state index contributed by atoms with van der Waals surface area (Å²) in [5.41, 5.74) is 3.85. The molecule has 0 aliphatic rings. The molecule has 1 heterocycles. The molecule has 1 aromatic heterocycles. The molecule has 0 fully saturated rings. The maximum atomic E-state index is 12.3. The maximum Gasteiger partial charge on any atom is 0.297 e. The number of benzene rings is 1. The molecule has 3 N–H and O–H groups in total. The highest BCUT2D eigenvalue weighted by Gasteiger charge is 2.20. The predicted octanol–water partition coefficient (Wildman–Crippen LogP) is 1.45. The van der Waals surface area contributed by atoms with Crippen molar-refractivity contribution in [3.8, 4) is 0 Å². The second-order valence-electron chi connectivity index (χ2n) is 5.39. The molecule has 134 valence electrons. The zero-order valence-corrected chi connectivity index (χ0v) is 14.8. The van der Waals surface area contributed by atoms with Gasteiger partial charge in [-0.25, -0.2) is 10.2 Å². The highest BCUT2D eigenvalue weighted by molar-refractivity contribution is 6.33. The van der Waals surface area contributed by atoms with Crippen molar-refractivity contribution in [1.82, 2.24) is 15.3 Å². The van der Waals surface area contributed by atoms with Crippen LogP contribution >= 0.6 is 11.6 Å². The molecular formula is C16H19ClN4O4. The Labute approximate surface area is 149 Å². The van der Waals surface area contributed by atoms with E-state index in [1.54, 1.807) is 19.1 Å². The van der Waals surface area contributed by atoms with Gasteiger partial charge in [-0.1, -0.05) is 17.7 Å². The van der Waals surface area contributed by atoms with Crippen molar-refractivity contribution in [2.24, 2.45) is 7.05 Å². The first-order valence-corrected chi connectivity index (χ1v) is 7.87. The lowest BCUT2D eigenvalue weighted by molar-refractivity contribution is 0.0164. The summed E-state index contributed by atoms with van der Waals surface area (Å²) in [5, 5.41) is 16.2. The van der Waals surface area contributed by atoms with Gasteiger partial charge in [0.15, 0.2) is 5.69 Å². The highest BCUT2D eigenvalue weighted by Crippen LogP contribution is 2.28. The molecule has 0 saturated carbocycles. The Hall–Kier alpha value is -2.42. The van der Waals surface area contributed by atoms with Crippen molar-refractivity contribution in [2.45, 2.75) is 13.8 Å². The first kappa shape index (κ1) is 18.9. The number of aliphatic hydroxyl groups is 1. The zero-order chi connectivity index (χ0) is 18.6. The Kier molecular flexibility index (Phi) is 6.13. The summed E-state index contributed by atoms with van der Waals surface area (Å²) >= 11 is 6.22. The van der Waals surface area contributed by atoms with Crippen LogP contribution < -0.4 is 16.4 Å². The van der Waals surface area contributed by atoms with Crippen molar-refractivity contribution in [2.75, 3.05) is 18.5 Å². The number of hydrogen-bond acceptors (Lipinski definition) is 6. The molecule has 25 heavy (non-hydrogen) atoms. The Morgan fingerprint density at radius 3 is 2.76 bits per heavy atom. The number of aryl methyl sites for hydroxylation is 2. The van der Waals surface area contributed by atoms with Crippen LogP contribution in [0.25, 0.3) is 0 Å². The summed E-state index contributed by atoms with van der Waals surface area (Å²) in [6.07, 6.45) is 0. The number of nitrogens with zero attached hydrogens (tertiary/aromatic N) is 2. The standard InChI is InChI=1S/C16H19ClN4O4/c1-9-4-5-12(11(17)8-9)18-13-10(2)16(24)21(3)19-14(13)15(23)20-25-7-6-22/h4-5,8,18,22H,6-7H2,1-3H3,(H,20,23). The van der Waals surface area contributed by atoms with E-state index < -0.39 is 5.91 Å². The van der Waals surface area contributed by atoms with Gasteiger partial charge < -0.3 is 10.4 Å². The lowest BCUT2D eigenvalue weighted by Gasteiger charge is -2.16. The third-order valence-corrected chi connectivity index (χ3v) is 3.75. The minimum atomic E-state index is -0.655. The Bertz CT molecular complexity index is 851. The highest BCUT2D eigenvalue weighted by atomic mass is 35.5. The number of carbonyl (C=O) groups is 1. The van der Waals surface area contributed by atoms with Gasteiger partial charge in [-0.15, -0.1) is 0 Å². The molecule has 0 unspecified atom stereocenters. The average Bonchev–Trinajstić information content (AvgIpc) is 2.57. The SMILES string of the molecule is Cc1ccc(Nc2c(C(=O)NOCCO)nn(C)c(=O)c2C)c(Cl)c1. The van der Waals surface area contributed by atoms with Gasteiger partial charge in [0, 0.05) is 12.6 Å². The van der Waals surface area contributed by atoms with Crippen LogP contribution in [0.2, 0.25) is 5.02 Å². The van der Waals surface area contributed by atoms with Crippen LogP contribution in [0.3, 0.4) is 0 Å². The van der Waals surface area contributed by atoms with Gasteiger partial charge >= 0.3 is 0 Å². The molecule has 2 aromatic rings. The quantitative estimate of drug-likeness (QED) is 0.528. The molecule has 0 spiro atoms. The molecule has 0 atom stereocenters. The third-order valence-electron chi connectivity index (χ3n) is 3.43. The van der Waals surface area contributed by atoms with Crippen LogP contribution in [0.4, 0.5) is 11.4 Å². The van der Waals surface area contributed by atoms with Crippen molar-refractivity contribution in [1.29, 1.82) is 0 Å². The Morgan fingerprint density at radius 2 is 2.12 bits per heavy atom. The van der Waals surface area contributed by atoms with Gasteiger partial charge in [0.1, 0.15) is 0 Å². The third kappa shape index (κ3) is 4.36. The van der Waals surface area contributed by atoms with Crippen LogP contribution in [0.15, 0.2) is 23.0 Å². The largest absolute Gasteiger partial charge is 0.394 e. The Morgan fingerprint density at radius 1 is 1.40 bits per heavy atom. The second kappa shape index (κ2) is 8.11. The van der Waals surface area contributed by atoms with Gasteiger partial charge in [-0.05, 0) is 31.5 Å². The van der Waals surface area contributed by atoms with E-state index in [1.807, 2.05) is 13.0 Å². The molecule has 1 aromatic carbocycles. The summed E-state index contributed by atoms with van der Waals surface area (Å²) in [4.78, 5) is 29.3. The van der Waals surface area contributed by atoms with Crippen LogP contribution in [-0.2, 0) is 11.9 Å². The molecule has 0 aliphatic heterocycles. The van der Waals surface area contributed by atoms with Gasteiger partial charge in [0.25, 0.3) is 11.5 Å². The van der Waals surface area contributed by atoms with E-state index in [2.05, 4.69) is 15.9 Å². The summed E-state index contributed by atoms with van der Waals surface area (Å²) in [6.45, 7) is 3.17. The van der Waals surface area contributed by atoms with Crippen molar-refractivity contribution < 1.29 is 14.7 Å². The van der Waals surface area contributed by atoms with Crippen molar-refractivity contribution in [3.63, 3.8) is 0 Å². The van der Waals surface area contributed by atoms with Gasteiger partial charge in [0.2, 0.25) is 0 Å². The van der Waals surface area contributed by atoms with E-state index in [0.717, 1.165) is 10.2 Å². The van der Waals surface area contributed by atoms with Gasteiger partial charge in [-0.3, -0.25) is 14.4 Å². The fraction of sp³-hybridized carbons (Fsp3) is 0.312. The van der Waals surface area contributed by atoms with Crippen molar-refractivity contribution >= 4 is 28.9 Å². The number of rotatable bonds is 6. The average molecular weight is 367 g/mol. The lowest BCUT2D eigenvalue weighted by atomic mass is 10.1. The number of hydroxylamine groups is 1. The number of aliphatic hydroxyl groups excluding tert-OH is 1. The molecule has 8 nitrogen and oxygen atoms in total. The van der Waals surface area contributed by atoms with Crippen LogP contribution in [-0.4, -0.2) is 34.0 Å². The lowest BCUT2D eigenvalue weighted by Crippen LogP contribution is -2.32. The molecular weight excluding hydrogens is 348 g/mol. The van der Waals surface area contributed by atoms with E-state index in [1.165, 1.54) is 7.05 Å². The molecule has 0 aliphatic carbocycles. The minimum Gasteiger partial charge on any atom is -0.394 e. The molecule has 0 saturated heterocycles. The number of amides is 1. The van der Waals surface area contributed by atoms with Crippen LogP contribution in [0, 0.1) is 13.8 Å². The van der Waals surface area contributed by atoms with Gasteiger partial charge in [-0.2, -0.15) is 5.10 Å². The smallest absolute Gasteiger partial charge is 0.297 e. The summed E-state index contributed by atoms with van der Waals surface area (Å²) < 4.78 is 1.07. The molecule has 1 amide bonds. The minimum absolute atomic E-state index is 0.0332. The monoisotopic (exact) mass is 366 g/mol. The van der Waals surface area contributed by atoms with E-state index in [0.29, 0.717) is 16.3 Å². The van der Waals surface area contributed by atoms with E-state index in [-0.39, 0.29) is 30.2 Å². The summed E-state index contributed by atoms with van der Waals surface area (Å²) in [6, 6.07) is 5.36. The first-order valence-electron chi connectivity index (χ1n) is 7.49. The topological polar surface area (TPSA) is 105 Å². The van der Waals surface area contributed by atoms with Gasteiger partial charge in [0.05, 0.1) is 29.6 Å². The predicted molar refractivity (Wildman–Crippen MR) is 94.2 cm³/mol.